The van der Waals surface area contributed by atoms with E-state index in [2.05, 4.69) is 5.10 Å². The van der Waals surface area contributed by atoms with Crippen LogP contribution in [0.3, 0.4) is 0 Å². The second kappa shape index (κ2) is 5.71. The molecule has 2 rings (SSSR count). The van der Waals surface area contributed by atoms with Crippen LogP contribution >= 0.6 is 11.6 Å². The van der Waals surface area contributed by atoms with Gasteiger partial charge in [-0.05, 0) is 23.8 Å². The van der Waals surface area contributed by atoms with Crippen LogP contribution in [0.4, 0.5) is 10.2 Å². The van der Waals surface area contributed by atoms with E-state index in [4.69, 9.17) is 22.1 Å². The van der Waals surface area contributed by atoms with Crippen LogP contribution in [0.2, 0.25) is 5.02 Å². The van der Waals surface area contributed by atoms with Crippen LogP contribution in [0, 0.1) is 5.82 Å². The first kappa shape index (κ1) is 13.4. The average Bonchev–Trinajstić information content (AvgIpc) is 2.76. The molecule has 0 amide bonds. The summed E-state index contributed by atoms with van der Waals surface area (Å²) in [5.41, 5.74) is 6.03. The van der Waals surface area contributed by atoms with Gasteiger partial charge in [-0.25, -0.2) is 4.39 Å². The maximum Gasteiger partial charge on any atom is 0.328 e. The Balaban J connectivity index is 1.88. The monoisotopic (exact) mass is 283 g/mol. The fourth-order valence-electron chi connectivity index (χ4n) is 1.44. The highest BCUT2D eigenvalue weighted by Gasteiger charge is 2.07. The van der Waals surface area contributed by atoms with E-state index in [1.807, 2.05) is 0 Å². The molecule has 0 aliphatic rings. The number of benzene rings is 1. The van der Waals surface area contributed by atoms with E-state index >= 15 is 0 Å². The molecule has 0 atom stereocenters. The molecule has 0 bridgehead atoms. The summed E-state index contributed by atoms with van der Waals surface area (Å²) in [4.78, 5) is 11.5. The average molecular weight is 284 g/mol. The van der Waals surface area contributed by atoms with Crippen LogP contribution in [0.15, 0.2) is 30.5 Å². The summed E-state index contributed by atoms with van der Waals surface area (Å²) < 4.78 is 19.3. The van der Waals surface area contributed by atoms with Crippen molar-refractivity contribution < 1.29 is 13.9 Å². The highest BCUT2D eigenvalue weighted by atomic mass is 35.5. The Bertz CT molecular complexity index is 600. The van der Waals surface area contributed by atoms with E-state index in [1.165, 1.54) is 22.9 Å². The summed E-state index contributed by atoms with van der Waals surface area (Å²) in [7, 11) is 0. The molecule has 0 unspecified atom stereocenters. The van der Waals surface area contributed by atoms with Crippen molar-refractivity contribution in [3.05, 3.63) is 46.9 Å². The highest BCUT2D eigenvalue weighted by Crippen LogP contribution is 2.16. The van der Waals surface area contributed by atoms with E-state index in [-0.39, 0.29) is 18.2 Å². The molecule has 0 saturated heterocycles. The molecule has 5 nitrogen and oxygen atoms in total. The van der Waals surface area contributed by atoms with Crippen molar-refractivity contribution in [1.29, 1.82) is 0 Å². The zero-order valence-corrected chi connectivity index (χ0v) is 10.6. The summed E-state index contributed by atoms with van der Waals surface area (Å²) >= 11 is 5.62. The fourth-order valence-corrected chi connectivity index (χ4v) is 1.64. The number of nitrogens with zero attached hydrogens (tertiary/aromatic N) is 2. The van der Waals surface area contributed by atoms with Crippen LogP contribution in [0.5, 0.6) is 0 Å². The van der Waals surface area contributed by atoms with Gasteiger partial charge in [-0.2, -0.15) is 5.10 Å². The van der Waals surface area contributed by atoms with Crippen LogP contribution in [-0.2, 0) is 22.7 Å². The number of carbonyl (C=O) groups excluding carboxylic acids is 1. The molecule has 0 saturated carbocycles. The molecule has 1 aromatic carbocycles. The van der Waals surface area contributed by atoms with Gasteiger partial charge < -0.3 is 10.5 Å². The summed E-state index contributed by atoms with van der Waals surface area (Å²) in [6.45, 7) is -0.0122. The smallest absolute Gasteiger partial charge is 0.328 e. The number of aromatic nitrogens is 2. The minimum absolute atomic E-state index is 0.00611. The molecule has 1 aromatic heterocycles. The lowest BCUT2D eigenvalue weighted by Gasteiger charge is -2.05. The topological polar surface area (TPSA) is 70.1 Å². The second-order valence-electron chi connectivity index (χ2n) is 3.85. The van der Waals surface area contributed by atoms with Crippen LogP contribution in [0.25, 0.3) is 0 Å². The van der Waals surface area contributed by atoms with Crippen molar-refractivity contribution in [2.75, 3.05) is 5.73 Å². The number of nitrogens with two attached hydrogens (primary N) is 1. The number of carbonyl (C=O) groups is 1. The van der Waals surface area contributed by atoms with Gasteiger partial charge in [0.2, 0.25) is 0 Å². The maximum atomic E-state index is 12.9. The van der Waals surface area contributed by atoms with Gasteiger partial charge in [0, 0.05) is 6.20 Å². The van der Waals surface area contributed by atoms with Gasteiger partial charge in [-0.1, -0.05) is 17.7 Å². The molecule has 100 valence electrons. The van der Waals surface area contributed by atoms with E-state index in [1.54, 1.807) is 12.3 Å². The normalized spacial score (nSPS) is 10.4. The maximum absolute atomic E-state index is 12.9. The minimum Gasteiger partial charge on any atom is -0.459 e. The number of hydrogen-bond donors (Lipinski definition) is 1. The molecule has 1 heterocycles. The van der Waals surface area contributed by atoms with Crippen molar-refractivity contribution >= 4 is 23.4 Å². The lowest BCUT2D eigenvalue weighted by Crippen LogP contribution is -2.14. The number of halogens is 2. The van der Waals surface area contributed by atoms with Gasteiger partial charge in [0.15, 0.2) is 0 Å². The molecule has 2 N–H and O–H groups in total. The summed E-state index contributed by atoms with van der Waals surface area (Å²) in [5.74, 6) is -0.648. The van der Waals surface area contributed by atoms with Crippen molar-refractivity contribution in [1.82, 2.24) is 9.78 Å². The Labute approximate surface area is 113 Å². The van der Waals surface area contributed by atoms with Gasteiger partial charge in [0.25, 0.3) is 0 Å². The first-order valence-corrected chi connectivity index (χ1v) is 5.81. The molecule has 7 heteroatoms. The lowest BCUT2D eigenvalue weighted by molar-refractivity contribution is -0.145. The third kappa shape index (κ3) is 3.69. The van der Waals surface area contributed by atoms with Gasteiger partial charge in [-0.15, -0.1) is 0 Å². The number of anilines is 1. The predicted molar refractivity (Wildman–Crippen MR) is 67.8 cm³/mol. The number of rotatable bonds is 4. The number of ether oxygens (including phenoxy) is 1. The first-order valence-electron chi connectivity index (χ1n) is 5.43. The second-order valence-corrected chi connectivity index (χ2v) is 4.25. The van der Waals surface area contributed by atoms with Crippen molar-refractivity contribution in [3.63, 3.8) is 0 Å². The fraction of sp³-hybridized carbons (Fsp3) is 0.167. The lowest BCUT2D eigenvalue weighted by atomic mass is 10.2. The van der Waals surface area contributed by atoms with Crippen LogP contribution in [-0.4, -0.2) is 15.7 Å². The molecule has 2 aromatic rings. The zero-order valence-electron chi connectivity index (χ0n) is 9.85. The van der Waals surface area contributed by atoms with Gasteiger partial charge in [0.1, 0.15) is 24.8 Å². The third-order valence-corrected chi connectivity index (χ3v) is 2.63. The number of esters is 1. The van der Waals surface area contributed by atoms with Gasteiger partial charge in [0.05, 0.1) is 5.02 Å². The standard InChI is InChI=1S/C12H11ClFN3O2/c13-9-5-8(1-2-10(9)14)7-19-12(18)6-17-4-3-11(15)16-17/h1-5H,6-7H2,(H2,15,16). The van der Waals surface area contributed by atoms with E-state index in [9.17, 15) is 9.18 Å². The highest BCUT2D eigenvalue weighted by molar-refractivity contribution is 6.30. The molecule has 0 spiro atoms. The largest absolute Gasteiger partial charge is 0.459 e. The van der Waals surface area contributed by atoms with Gasteiger partial charge >= 0.3 is 5.97 Å². The molecular formula is C12H11ClFN3O2. The van der Waals surface area contributed by atoms with Crippen molar-refractivity contribution in [3.8, 4) is 0 Å². The first-order chi connectivity index (χ1) is 9.04. The third-order valence-electron chi connectivity index (χ3n) is 2.34. The van der Waals surface area contributed by atoms with Crippen molar-refractivity contribution in [2.45, 2.75) is 13.2 Å². The molecule has 19 heavy (non-hydrogen) atoms. The quantitative estimate of drug-likeness (QED) is 0.871. The van der Waals surface area contributed by atoms with Gasteiger partial charge in [-0.3, -0.25) is 9.48 Å². The number of nitrogen functional groups attached to an aromatic ring is 1. The summed E-state index contributed by atoms with van der Waals surface area (Å²) in [5, 5.41) is 3.85. The van der Waals surface area contributed by atoms with Crippen LogP contribution < -0.4 is 5.73 Å². The number of hydrogen-bond acceptors (Lipinski definition) is 4. The molecule has 0 fully saturated rings. The SMILES string of the molecule is Nc1ccn(CC(=O)OCc2ccc(F)c(Cl)c2)n1. The Morgan fingerprint density at radius 1 is 1.47 bits per heavy atom. The predicted octanol–water partition coefficient (Wildman–Crippen LogP) is 2.00. The Hall–Kier alpha value is -2.08. The van der Waals surface area contributed by atoms with E-state index in [0.717, 1.165) is 0 Å². The minimum atomic E-state index is -0.510. The van der Waals surface area contributed by atoms with E-state index < -0.39 is 11.8 Å². The summed E-state index contributed by atoms with van der Waals surface area (Å²) in [6, 6.07) is 5.71. The molecule has 0 radical (unpaired) electrons. The van der Waals surface area contributed by atoms with Crippen LogP contribution in [0.1, 0.15) is 5.56 Å². The molecule has 0 aliphatic heterocycles. The van der Waals surface area contributed by atoms with Crippen molar-refractivity contribution in [2.24, 2.45) is 0 Å². The van der Waals surface area contributed by atoms with E-state index in [0.29, 0.717) is 11.4 Å². The zero-order chi connectivity index (χ0) is 13.8. The Kier molecular flexibility index (Phi) is 4.01. The molecular weight excluding hydrogens is 273 g/mol. The molecule has 0 aliphatic carbocycles. The Morgan fingerprint density at radius 3 is 2.89 bits per heavy atom. The Morgan fingerprint density at radius 2 is 2.26 bits per heavy atom. The summed E-state index contributed by atoms with van der Waals surface area (Å²) in [6.07, 6.45) is 1.57.